The van der Waals surface area contributed by atoms with Crippen LogP contribution in [0.3, 0.4) is 0 Å². The molecule has 7 heteroatoms. The molecule has 0 spiro atoms. The molecule has 1 aliphatic rings. The number of nitrogens with two attached hydrogens (primary N) is 1. The maximum Gasteiger partial charge on any atom is 0.254 e. The molecule has 0 aromatic heterocycles. The Morgan fingerprint density at radius 2 is 1.88 bits per heavy atom. The fourth-order valence-electron chi connectivity index (χ4n) is 2.83. The number of hydrogen-bond donors (Lipinski definition) is 2. The summed E-state index contributed by atoms with van der Waals surface area (Å²) in [6.45, 7) is 5.11. The van der Waals surface area contributed by atoms with E-state index in [-0.39, 0.29) is 24.0 Å². The standard InChI is InChI=1S/C18H27N3O3S/c1-12-10-21(11-13(2)24-12)18(23)14-4-6-15(7-5-14)20-17(22)16(19)8-9-25-3/h4-7,12-13,16H,8-11,19H2,1-3H3,(H,20,22)/t12?,13?,16-/m0/s1. The van der Waals surface area contributed by atoms with Crippen molar-refractivity contribution in [3.8, 4) is 0 Å². The first-order chi connectivity index (χ1) is 11.9. The fourth-order valence-corrected chi connectivity index (χ4v) is 3.32. The SMILES string of the molecule is CSCC[C@H](N)C(=O)Nc1ccc(C(=O)N2CC(C)OC(C)C2)cc1. The molecule has 138 valence electrons. The van der Waals surface area contributed by atoms with Gasteiger partial charge in [0.15, 0.2) is 0 Å². The van der Waals surface area contributed by atoms with Crippen molar-refractivity contribution < 1.29 is 14.3 Å². The van der Waals surface area contributed by atoms with Crippen LogP contribution in [0.5, 0.6) is 0 Å². The summed E-state index contributed by atoms with van der Waals surface area (Å²) in [4.78, 5) is 26.4. The van der Waals surface area contributed by atoms with Gasteiger partial charge in [-0.05, 0) is 56.5 Å². The van der Waals surface area contributed by atoms with E-state index in [9.17, 15) is 9.59 Å². The van der Waals surface area contributed by atoms with Gasteiger partial charge in [0.25, 0.3) is 5.91 Å². The maximum atomic E-state index is 12.6. The van der Waals surface area contributed by atoms with Gasteiger partial charge < -0.3 is 20.7 Å². The molecule has 1 aliphatic heterocycles. The number of anilines is 1. The number of morpholine rings is 1. The Bertz CT molecular complexity index is 584. The van der Waals surface area contributed by atoms with Gasteiger partial charge in [-0.1, -0.05) is 0 Å². The number of thioether (sulfide) groups is 1. The first-order valence-corrected chi connectivity index (χ1v) is 9.90. The number of amides is 2. The Morgan fingerprint density at radius 3 is 2.44 bits per heavy atom. The van der Waals surface area contributed by atoms with E-state index in [4.69, 9.17) is 10.5 Å². The second-order valence-electron chi connectivity index (χ2n) is 6.42. The summed E-state index contributed by atoms with van der Waals surface area (Å²) >= 11 is 1.66. The van der Waals surface area contributed by atoms with Crippen LogP contribution >= 0.6 is 11.8 Å². The predicted octanol–water partition coefficient (Wildman–Crippen LogP) is 1.95. The lowest BCUT2D eigenvalue weighted by Crippen LogP contribution is -2.48. The monoisotopic (exact) mass is 365 g/mol. The first-order valence-electron chi connectivity index (χ1n) is 8.51. The largest absolute Gasteiger partial charge is 0.372 e. The topological polar surface area (TPSA) is 84.7 Å². The van der Waals surface area contributed by atoms with E-state index < -0.39 is 6.04 Å². The van der Waals surface area contributed by atoms with Crippen LogP contribution in [-0.2, 0) is 9.53 Å². The highest BCUT2D eigenvalue weighted by Crippen LogP contribution is 2.16. The van der Waals surface area contributed by atoms with Crippen LogP contribution in [0, 0.1) is 0 Å². The average molecular weight is 365 g/mol. The molecule has 1 aromatic rings. The fraction of sp³-hybridized carbons (Fsp3) is 0.556. The van der Waals surface area contributed by atoms with E-state index in [2.05, 4.69) is 5.32 Å². The van der Waals surface area contributed by atoms with Crippen molar-refractivity contribution in [1.29, 1.82) is 0 Å². The summed E-state index contributed by atoms with van der Waals surface area (Å²) in [6, 6.07) is 6.41. The lowest BCUT2D eigenvalue weighted by Gasteiger charge is -2.35. The minimum atomic E-state index is -0.523. The van der Waals surface area contributed by atoms with Crippen LogP contribution in [0.15, 0.2) is 24.3 Å². The molecule has 3 atom stereocenters. The Hall–Kier alpha value is -1.57. The average Bonchev–Trinajstić information content (AvgIpc) is 2.58. The second kappa shape index (κ2) is 9.22. The molecule has 1 aromatic carbocycles. The molecular formula is C18H27N3O3S. The minimum Gasteiger partial charge on any atom is -0.372 e. The van der Waals surface area contributed by atoms with E-state index in [0.29, 0.717) is 30.8 Å². The van der Waals surface area contributed by atoms with Gasteiger partial charge in [-0.2, -0.15) is 11.8 Å². The Kier molecular flexibility index (Phi) is 7.28. The summed E-state index contributed by atoms with van der Waals surface area (Å²) in [7, 11) is 0. The Balaban J connectivity index is 1.95. The predicted molar refractivity (Wildman–Crippen MR) is 102 cm³/mol. The molecule has 0 aliphatic carbocycles. The third-order valence-corrected chi connectivity index (χ3v) is 4.72. The zero-order valence-corrected chi connectivity index (χ0v) is 15.8. The van der Waals surface area contributed by atoms with E-state index in [1.54, 1.807) is 36.0 Å². The van der Waals surface area contributed by atoms with Crippen LogP contribution < -0.4 is 11.1 Å². The lowest BCUT2D eigenvalue weighted by molar-refractivity contribution is -0.117. The molecule has 1 heterocycles. The normalized spacial score (nSPS) is 21.7. The molecule has 2 amide bonds. The molecule has 0 bridgehead atoms. The Labute approximate surface area is 153 Å². The highest BCUT2D eigenvalue weighted by atomic mass is 32.2. The van der Waals surface area contributed by atoms with Crippen molar-refractivity contribution in [1.82, 2.24) is 4.90 Å². The number of nitrogens with zero attached hydrogens (tertiary/aromatic N) is 1. The van der Waals surface area contributed by atoms with Gasteiger partial charge in [0.05, 0.1) is 18.2 Å². The van der Waals surface area contributed by atoms with Crippen molar-refractivity contribution in [2.75, 3.05) is 30.4 Å². The molecule has 1 fully saturated rings. The van der Waals surface area contributed by atoms with Gasteiger partial charge in [-0.3, -0.25) is 9.59 Å². The van der Waals surface area contributed by atoms with Gasteiger partial charge in [0, 0.05) is 24.3 Å². The molecular weight excluding hydrogens is 338 g/mol. The van der Waals surface area contributed by atoms with Gasteiger partial charge in [0.2, 0.25) is 5.91 Å². The van der Waals surface area contributed by atoms with Crippen molar-refractivity contribution in [2.45, 2.75) is 38.5 Å². The summed E-state index contributed by atoms with van der Waals surface area (Å²) < 4.78 is 5.66. The zero-order chi connectivity index (χ0) is 18.4. The molecule has 0 saturated carbocycles. The zero-order valence-electron chi connectivity index (χ0n) is 15.0. The number of carbonyl (C=O) groups excluding carboxylic acids is 2. The van der Waals surface area contributed by atoms with E-state index in [0.717, 1.165) is 5.75 Å². The lowest BCUT2D eigenvalue weighted by atomic mass is 10.1. The van der Waals surface area contributed by atoms with Crippen molar-refractivity contribution in [3.63, 3.8) is 0 Å². The van der Waals surface area contributed by atoms with Crippen molar-refractivity contribution in [2.24, 2.45) is 5.73 Å². The number of carbonyl (C=O) groups is 2. The van der Waals surface area contributed by atoms with Crippen LogP contribution in [0.2, 0.25) is 0 Å². The number of hydrogen-bond acceptors (Lipinski definition) is 5. The van der Waals surface area contributed by atoms with Crippen LogP contribution in [0.25, 0.3) is 0 Å². The third-order valence-electron chi connectivity index (χ3n) is 4.08. The summed E-state index contributed by atoms with van der Waals surface area (Å²) in [5, 5.41) is 2.79. The number of nitrogens with one attached hydrogen (secondary N) is 1. The van der Waals surface area contributed by atoms with Gasteiger partial charge in [-0.15, -0.1) is 0 Å². The molecule has 6 nitrogen and oxygen atoms in total. The summed E-state index contributed by atoms with van der Waals surface area (Å²) in [5.74, 6) is 0.624. The molecule has 25 heavy (non-hydrogen) atoms. The van der Waals surface area contributed by atoms with E-state index in [1.807, 2.05) is 25.0 Å². The number of rotatable bonds is 6. The van der Waals surface area contributed by atoms with Gasteiger partial charge in [0.1, 0.15) is 0 Å². The highest BCUT2D eigenvalue weighted by Gasteiger charge is 2.26. The quantitative estimate of drug-likeness (QED) is 0.805. The summed E-state index contributed by atoms with van der Waals surface area (Å²) in [5.41, 5.74) is 7.10. The third kappa shape index (κ3) is 5.73. The molecule has 1 saturated heterocycles. The molecule has 2 rings (SSSR count). The van der Waals surface area contributed by atoms with Crippen LogP contribution in [-0.4, -0.2) is 60.1 Å². The number of ether oxygens (including phenoxy) is 1. The number of benzene rings is 1. The second-order valence-corrected chi connectivity index (χ2v) is 7.41. The first kappa shape index (κ1) is 19.8. The maximum absolute atomic E-state index is 12.6. The van der Waals surface area contributed by atoms with Crippen LogP contribution in [0.4, 0.5) is 5.69 Å². The summed E-state index contributed by atoms with van der Waals surface area (Å²) in [6.07, 6.45) is 2.69. The van der Waals surface area contributed by atoms with Gasteiger partial charge >= 0.3 is 0 Å². The van der Waals surface area contributed by atoms with Crippen molar-refractivity contribution >= 4 is 29.3 Å². The minimum absolute atomic E-state index is 0.0171. The van der Waals surface area contributed by atoms with Crippen molar-refractivity contribution in [3.05, 3.63) is 29.8 Å². The van der Waals surface area contributed by atoms with Gasteiger partial charge in [-0.25, -0.2) is 0 Å². The van der Waals surface area contributed by atoms with E-state index >= 15 is 0 Å². The molecule has 0 radical (unpaired) electrons. The Morgan fingerprint density at radius 1 is 1.28 bits per heavy atom. The highest BCUT2D eigenvalue weighted by molar-refractivity contribution is 7.98. The smallest absolute Gasteiger partial charge is 0.254 e. The van der Waals surface area contributed by atoms with Crippen LogP contribution in [0.1, 0.15) is 30.6 Å². The molecule has 3 N–H and O–H groups in total. The molecule has 2 unspecified atom stereocenters. The van der Waals surface area contributed by atoms with E-state index in [1.165, 1.54) is 0 Å².